The molecule has 20 heavy (non-hydrogen) atoms. The number of rotatable bonds is 5. The molecule has 2 heterocycles. The van der Waals surface area contributed by atoms with Crippen molar-refractivity contribution in [1.29, 1.82) is 0 Å². The Morgan fingerprint density at radius 1 is 1.20 bits per heavy atom. The smallest absolute Gasteiger partial charge is 0.216 e. The summed E-state index contributed by atoms with van der Waals surface area (Å²) in [5.41, 5.74) is 0. The first kappa shape index (κ1) is 15.7. The van der Waals surface area contributed by atoms with E-state index < -0.39 is 12.2 Å². The van der Waals surface area contributed by atoms with E-state index >= 15 is 0 Å². The molecule has 1 amide bonds. The Kier molecular flexibility index (Phi) is 5.77. The molecule has 2 aliphatic rings. The molecule has 0 unspecified atom stereocenters. The number of aliphatic hydroxyl groups is 2. The summed E-state index contributed by atoms with van der Waals surface area (Å²) in [5.74, 6) is -0.102. The van der Waals surface area contributed by atoms with Gasteiger partial charge in [-0.05, 0) is 25.9 Å². The van der Waals surface area contributed by atoms with Gasteiger partial charge in [-0.3, -0.25) is 9.69 Å². The zero-order valence-corrected chi connectivity index (χ0v) is 12.3. The number of nitrogens with one attached hydrogen (secondary N) is 1. The number of likely N-dealkylation sites (tertiary alicyclic amines) is 2. The fraction of sp³-hybridized carbons (Fsp3) is 0.929. The van der Waals surface area contributed by atoms with Gasteiger partial charge in [0.25, 0.3) is 0 Å². The van der Waals surface area contributed by atoms with E-state index in [0.717, 1.165) is 26.2 Å². The monoisotopic (exact) mass is 285 g/mol. The van der Waals surface area contributed by atoms with Gasteiger partial charge in [0.1, 0.15) is 0 Å². The van der Waals surface area contributed by atoms with Crippen LogP contribution in [-0.2, 0) is 4.79 Å². The molecule has 116 valence electrons. The zero-order valence-electron chi connectivity index (χ0n) is 12.3. The second kappa shape index (κ2) is 7.36. The van der Waals surface area contributed by atoms with Crippen molar-refractivity contribution in [2.75, 3.05) is 39.3 Å². The Morgan fingerprint density at radius 3 is 2.55 bits per heavy atom. The number of β-amino-alcohol motifs (C(OH)–C–C–N with tert-alkyl or cyclic N) is 1. The molecule has 0 saturated carbocycles. The van der Waals surface area contributed by atoms with Gasteiger partial charge < -0.3 is 20.4 Å². The van der Waals surface area contributed by atoms with Crippen molar-refractivity contribution in [2.45, 2.75) is 44.4 Å². The minimum Gasteiger partial charge on any atom is -0.389 e. The first-order valence-corrected chi connectivity index (χ1v) is 7.65. The number of amides is 1. The van der Waals surface area contributed by atoms with E-state index in [4.69, 9.17) is 0 Å². The molecule has 0 aromatic rings. The Bertz CT molecular complexity index is 321. The van der Waals surface area contributed by atoms with Crippen LogP contribution in [0.15, 0.2) is 0 Å². The summed E-state index contributed by atoms with van der Waals surface area (Å²) in [7, 11) is 0. The van der Waals surface area contributed by atoms with E-state index in [1.807, 2.05) is 0 Å². The maximum atomic E-state index is 11.0. The fourth-order valence-electron chi connectivity index (χ4n) is 3.16. The summed E-state index contributed by atoms with van der Waals surface area (Å²) in [5, 5.41) is 22.6. The van der Waals surface area contributed by atoms with Crippen LogP contribution >= 0.6 is 0 Å². The van der Waals surface area contributed by atoms with Crippen LogP contribution < -0.4 is 5.32 Å². The quantitative estimate of drug-likeness (QED) is 0.605. The van der Waals surface area contributed by atoms with Crippen LogP contribution in [0.5, 0.6) is 0 Å². The molecule has 2 aliphatic heterocycles. The van der Waals surface area contributed by atoms with Crippen LogP contribution in [0.4, 0.5) is 0 Å². The predicted octanol–water partition coefficient (Wildman–Crippen LogP) is -0.986. The molecule has 0 aliphatic carbocycles. The van der Waals surface area contributed by atoms with E-state index in [9.17, 15) is 15.0 Å². The van der Waals surface area contributed by atoms with Crippen LogP contribution in [0.1, 0.15) is 26.2 Å². The summed E-state index contributed by atoms with van der Waals surface area (Å²) < 4.78 is 0. The van der Waals surface area contributed by atoms with Crippen molar-refractivity contribution in [3.8, 4) is 0 Å². The molecule has 6 heteroatoms. The molecule has 2 rings (SSSR count). The average Bonchev–Trinajstić information content (AvgIpc) is 2.71. The van der Waals surface area contributed by atoms with Crippen molar-refractivity contribution in [3.63, 3.8) is 0 Å². The van der Waals surface area contributed by atoms with Gasteiger partial charge in [-0.25, -0.2) is 0 Å². The normalized spacial score (nSPS) is 32.5. The summed E-state index contributed by atoms with van der Waals surface area (Å²) in [6.07, 6.45) is 2.36. The maximum Gasteiger partial charge on any atom is 0.216 e. The van der Waals surface area contributed by atoms with Gasteiger partial charge in [-0.1, -0.05) is 6.42 Å². The first-order chi connectivity index (χ1) is 9.58. The van der Waals surface area contributed by atoms with E-state index in [1.54, 1.807) is 0 Å². The molecule has 3 N–H and O–H groups in total. The van der Waals surface area contributed by atoms with E-state index in [1.165, 1.54) is 26.2 Å². The average molecular weight is 285 g/mol. The van der Waals surface area contributed by atoms with Crippen molar-refractivity contribution in [2.24, 2.45) is 0 Å². The van der Waals surface area contributed by atoms with Gasteiger partial charge in [0, 0.05) is 33.1 Å². The van der Waals surface area contributed by atoms with Crippen molar-refractivity contribution >= 4 is 5.91 Å². The summed E-state index contributed by atoms with van der Waals surface area (Å²) in [4.78, 5) is 15.6. The molecule has 2 fully saturated rings. The number of hydrogen-bond acceptors (Lipinski definition) is 5. The first-order valence-electron chi connectivity index (χ1n) is 7.65. The van der Waals surface area contributed by atoms with E-state index in [-0.39, 0.29) is 11.9 Å². The molecule has 0 radical (unpaired) electrons. The zero-order chi connectivity index (χ0) is 14.5. The van der Waals surface area contributed by atoms with Crippen LogP contribution in [0.25, 0.3) is 0 Å². The number of carbonyl (C=O) groups is 1. The Morgan fingerprint density at radius 2 is 1.90 bits per heavy atom. The molecule has 3 atom stereocenters. The van der Waals surface area contributed by atoms with Gasteiger partial charge in [0.2, 0.25) is 5.91 Å². The Balaban J connectivity index is 1.82. The molecule has 0 bridgehead atoms. The highest BCUT2D eigenvalue weighted by Crippen LogP contribution is 2.18. The third-order valence-corrected chi connectivity index (χ3v) is 4.39. The Hall–Kier alpha value is -0.690. The second-order valence-corrected chi connectivity index (χ2v) is 5.96. The van der Waals surface area contributed by atoms with Gasteiger partial charge in [-0.15, -0.1) is 0 Å². The SMILES string of the molecule is CC(=O)NC[C@@H]1[C@@H](O)[C@@H](O)CN1CCN1CCCCC1. The van der Waals surface area contributed by atoms with E-state index in [2.05, 4.69) is 15.1 Å². The molecule has 0 aromatic carbocycles. The molecular formula is C14H27N3O3. The van der Waals surface area contributed by atoms with Crippen LogP contribution in [0, 0.1) is 0 Å². The van der Waals surface area contributed by atoms with Gasteiger partial charge in [0.05, 0.1) is 18.2 Å². The molecule has 0 aromatic heterocycles. The summed E-state index contributed by atoms with van der Waals surface area (Å²) >= 11 is 0. The van der Waals surface area contributed by atoms with Gasteiger partial charge in [-0.2, -0.15) is 0 Å². The van der Waals surface area contributed by atoms with Crippen LogP contribution in [0.2, 0.25) is 0 Å². The molecule has 0 spiro atoms. The fourth-order valence-corrected chi connectivity index (χ4v) is 3.16. The van der Waals surface area contributed by atoms with E-state index in [0.29, 0.717) is 13.1 Å². The molecule has 6 nitrogen and oxygen atoms in total. The molecular weight excluding hydrogens is 258 g/mol. The summed E-state index contributed by atoms with van der Waals surface area (Å²) in [6, 6.07) is -0.182. The summed E-state index contributed by atoms with van der Waals surface area (Å²) in [6.45, 7) is 6.45. The number of piperidine rings is 1. The highest BCUT2D eigenvalue weighted by atomic mass is 16.3. The second-order valence-electron chi connectivity index (χ2n) is 5.96. The molecule has 2 saturated heterocycles. The highest BCUT2D eigenvalue weighted by molar-refractivity contribution is 5.72. The predicted molar refractivity (Wildman–Crippen MR) is 76.3 cm³/mol. The van der Waals surface area contributed by atoms with Crippen molar-refractivity contribution in [1.82, 2.24) is 15.1 Å². The van der Waals surface area contributed by atoms with Gasteiger partial charge >= 0.3 is 0 Å². The number of hydrogen-bond donors (Lipinski definition) is 3. The number of aliphatic hydroxyl groups excluding tert-OH is 2. The Labute approximate surface area is 120 Å². The van der Waals surface area contributed by atoms with Crippen molar-refractivity contribution in [3.05, 3.63) is 0 Å². The number of carbonyl (C=O) groups excluding carboxylic acids is 1. The largest absolute Gasteiger partial charge is 0.389 e. The van der Waals surface area contributed by atoms with Crippen molar-refractivity contribution < 1.29 is 15.0 Å². The topological polar surface area (TPSA) is 76.0 Å². The van der Waals surface area contributed by atoms with Crippen LogP contribution in [0.3, 0.4) is 0 Å². The minimum atomic E-state index is -0.775. The highest BCUT2D eigenvalue weighted by Gasteiger charge is 2.39. The lowest BCUT2D eigenvalue weighted by atomic mass is 10.1. The van der Waals surface area contributed by atoms with Gasteiger partial charge in [0.15, 0.2) is 0 Å². The lowest BCUT2D eigenvalue weighted by Gasteiger charge is -2.31. The number of nitrogens with zero attached hydrogens (tertiary/aromatic N) is 2. The lowest BCUT2D eigenvalue weighted by Crippen LogP contribution is -2.47. The van der Waals surface area contributed by atoms with Crippen LogP contribution in [-0.4, -0.2) is 83.4 Å². The third-order valence-electron chi connectivity index (χ3n) is 4.39. The third kappa shape index (κ3) is 4.15. The maximum absolute atomic E-state index is 11.0. The lowest BCUT2D eigenvalue weighted by molar-refractivity contribution is -0.119. The standard InChI is InChI=1S/C14H27N3O3/c1-11(18)15-9-12-14(20)13(19)10-17(12)8-7-16-5-3-2-4-6-16/h12-14,19-20H,2-10H2,1H3,(H,15,18)/t12-,13+,14-/m1/s1. The minimum absolute atomic E-state index is 0.102.